The van der Waals surface area contributed by atoms with E-state index in [1.165, 1.54) is 5.69 Å². The van der Waals surface area contributed by atoms with E-state index in [0.29, 0.717) is 46.8 Å². The molecule has 1 saturated heterocycles. The van der Waals surface area contributed by atoms with Crippen molar-refractivity contribution in [2.45, 2.75) is 32.9 Å². The maximum absolute atomic E-state index is 13.3. The summed E-state index contributed by atoms with van der Waals surface area (Å²) >= 11 is 6.43. The van der Waals surface area contributed by atoms with Crippen molar-refractivity contribution in [3.8, 4) is 0 Å². The van der Waals surface area contributed by atoms with Crippen LogP contribution in [-0.4, -0.2) is 54.8 Å². The van der Waals surface area contributed by atoms with Crippen molar-refractivity contribution in [3.05, 3.63) is 64.8 Å². The van der Waals surface area contributed by atoms with Crippen LogP contribution in [0.15, 0.2) is 48.7 Å². The number of nitrogens with zero attached hydrogens (tertiary/aromatic N) is 5. The van der Waals surface area contributed by atoms with Crippen molar-refractivity contribution >= 4 is 46.3 Å². The fourth-order valence-corrected chi connectivity index (χ4v) is 5.07. The van der Waals surface area contributed by atoms with E-state index in [1.54, 1.807) is 17.2 Å². The van der Waals surface area contributed by atoms with Gasteiger partial charge in [0.25, 0.3) is 5.91 Å². The Morgan fingerprint density at radius 1 is 1.14 bits per heavy atom. The minimum atomic E-state index is -0.162. The van der Waals surface area contributed by atoms with E-state index in [9.17, 15) is 4.79 Å². The van der Waals surface area contributed by atoms with Gasteiger partial charge in [0.1, 0.15) is 11.4 Å². The molecule has 2 unspecified atom stereocenters. The maximum Gasteiger partial charge on any atom is 0.265 e. The number of carbonyl (C=O) groups excluding carboxylic acids is 1. The topological polar surface area (TPSA) is 76.6 Å². The Balaban J connectivity index is 1.35. The van der Waals surface area contributed by atoms with Crippen LogP contribution in [-0.2, 0) is 0 Å². The van der Waals surface area contributed by atoms with Gasteiger partial charge in [0.15, 0.2) is 0 Å². The first-order valence-electron chi connectivity index (χ1n) is 11.8. The van der Waals surface area contributed by atoms with E-state index in [1.807, 2.05) is 43.1 Å². The lowest BCUT2D eigenvalue weighted by Gasteiger charge is -2.39. The van der Waals surface area contributed by atoms with Crippen molar-refractivity contribution in [1.29, 1.82) is 0 Å². The number of fused-ring (bicyclic) bond motifs is 1. The van der Waals surface area contributed by atoms with Gasteiger partial charge in [-0.1, -0.05) is 23.7 Å². The minimum Gasteiger partial charge on any atom is -0.366 e. The van der Waals surface area contributed by atoms with E-state index < -0.39 is 0 Å². The van der Waals surface area contributed by atoms with E-state index in [-0.39, 0.29) is 5.91 Å². The number of hydrogen-bond acceptors (Lipinski definition) is 7. The lowest BCUT2D eigenvalue weighted by atomic mass is 10.1. The Labute approximate surface area is 210 Å². The van der Waals surface area contributed by atoms with Crippen LogP contribution in [0.3, 0.4) is 0 Å². The van der Waals surface area contributed by atoms with Gasteiger partial charge in [0, 0.05) is 49.8 Å². The monoisotopic (exact) mass is 491 g/mol. The molecule has 3 aromatic rings. The first kappa shape index (κ1) is 23.4. The zero-order chi connectivity index (χ0) is 24.7. The van der Waals surface area contributed by atoms with Crippen LogP contribution in [0.2, 0.25) is 5.02 Å². The Bertz CT molecular complexity index is 1230. The van der Waals surface area contributed by atoms with Gasteiger partial charge >= 0.3 is 0 Å². The number of carbonyl (C=O) groups is 1. The van der Waals surface area contributed by atoms with Crippen molar-refractivity contribution in [2.24, 2.45) is 0 Å². The van der Waals surface area contributed by atoms with Gasteiger partial charge in [0.05, 0.1) is 17.4 Å². The molecule has 0 spiro atoms. The molecular weight excluding hydrogens is 462 g/mol. The molecule has 0 bridgehead atoms. The molecule has 1 aromatic heterocycles. The number of hydrogen-bond donors (Lipinski definition) is 2. The molecule has 8 nitrogen and oxygen atoms in total. The number of nitrogens with one attached hydrogen (secondary N) is 2. The largest absolute Gasteiger partial charge is 0.366 e. The number of amides is 1. The van der Waals surface area contributed by atoms with E-state index in [0.717, 1.165) is 24.3 Å². The average molecular weight is 492 g/mol. The maximum atomic E-state index is 13.3. The second-order valence-electron chi connectivity index (χ2n) is 9.39. The van der Waals surface area contributed by atoms with Gasteiger partial charge in [-0.15, -0.1) is 0 Å². The van der Waals surface area contributed by atoms with Crippen LogP contribution in [0.5, 0.6) is 0 Å². The summed E-state index contributed by atoms with van der Waals surface area (Å²) in [5, 5.41) is 7.34. The molecular formula is C26H30ClN7O. The first-order chi connectivity index (χ1) is 16.8. The molecule has 2 aliphatic heterocycles. The van der Waals surface area contributed by atoms with Gasteiger partial charge < -0.3 is 20.4 Å². The Morgan fingerprint density at radius 3 is 2.66 bits per heavy atom. The predicted octanol–water partition coefficient (Wildman–Crippen LogP) is 4.42. The highest BCUT2D eigenvalue weighted by atomic mass is 35.5. The summed E-state index contributed by atoms with van der Waals surface area (Å²) in [6.45, 7) is 8.69. The molecule has 3 heterocycles. The summed E-state index contributed by atoms with van der Waals surface area (Å²) in [7, 11) is 1.91. The van der Waals surface area contributed by atoms with E-state index >= 15 is 0 Å². The second kappa shape index (κ2) is 9.36. The van der Waals surface area contributed by atoms with Crippen molar-refractivity contribution in [3.63, 3.8) is 0 Å². The van der Waals surface area contributed by atoms with Gasteiger partial charge in [-0.05, 0) is 56.7 Å². The normalized spacial score (nSPS) is 20.1. The van der Waals surface area contributed by atoms with Gasteiger partial charge in [-0.2, -0.15) is 4.98 Å². The molecule has 35 heavy (non-hydrogen) atoms. The summed E-state index contributed by atoms with van der Waals surface area (Å²) in [6, 6.07) is 14.8. The summed E-state index contributed by atoms with van der Waals surface area (Å²) in [4.78, 5) is 28.4. The van der Waals surface area contributed by atoms with Gasteiger partial charge in [-0.25, -0.2) is 4.98 Å². The summed E-state index contributed by atoms with van der Waals surface area (Å²) in [5.74, 6) is 0.876. The third-order valence-electron chi connectivity index (χ3n) is 6.64. The van der Waals surface area contributed by atoms with Gasteiger partial charge in [-0.3, -0.25) is 9.69 Å². The van der Waals surface area contributed by atoms with Crippen LogP contribution < -0.4 is 25.3 Å². The molecule has 2 aromatic carbocycles. The minimum absolute atomic E-state index is 0.162. The van der Waals surface area contributed by atoms with Gasteiger partial charge in [0.2, 0.25) is 5.95 Å². The number of benzene rings is 2. The smallest absolute Gasteiger partial charge is 0.265 e. The molecule has 1 amide bonds. The van der Waals surface area contributed by atoms with Crippen LogP contribution in [0.1, 0.15) is 29.8 Å². The molecule has 0 saturated carbocycles. The number of halogens is 1. The van der Waals surface area contributed by atoms with Crippen molar-refractivity contribution < 1.29 is 4.79 Å². The molecule has 182 valence electrons. The fourth-order valence-electron chi connectivity index (χ4n) is 4.75. The predicted molar refractivity (Wildman–Crippen MR) is 142 cm³/mol. The average Bonchev–Trinajstić information content (AvgIpc) is 2.84. The third-order valence-corrected chi connectivity index (χ3v) is 6.94. The fraction of sp³-hybridized carbons (Fsp3) is 0.346. The summed E-state index contributed by atoms with van der Waals surface area (Å²) in [6.07, 6.45) is 1.58. The summed E-state index contributed by atoms with van der Waals surface area (Å²) in [5.41, 5.74) is 4.19. The Hall–Kier alpha value is -3.36. The number of piperazine rings is 1. The molecule has 1 fully saturated rings. The highest BCUT2D eigenvalue weighted by molar-refractivity contribution is 6.34. The number of aromatic nitrogens is 2. The summed E-state index contributed by atoms with van der Waals surface area (Å²) < 4.78 is 0. The molecule has 2 N–H and O–H groups in total. The highest BCUT2D eigenvalue weighted by Gasteiger charge is 2.32. The van der Waals surface area contributed by atoms with E-state index in [4.69, 9.17) is 11.6 Å². The molecule has 2 aliphatic rings. The number of para-hydroxylation sites is 1. The first-order valence-corrected chi connectivity index (χ1v) is 12.2. The van der Waals surface area contributed by atoms with E-state index in [2.05, 4.69) is 51.5 Å². The second-order valence-corrected chi connectivity index (χ2v) is 9.80. The zero-order valence-corrected chi connectivity index (χ0v) is 21.2. The number of rotatable bonds is 4. The van der Waals surface area contributed by atoms with Crippen LogP contribution in [0, 0.1) is 6.92 Å². The van der Waals surface area contributed by atoms with Crippen LogP contribution in [0.4, 0.5) is 28.8 Å². The molecule has 0 aliphatic carbocycles. The lowest BCUT2D eigenvalue weighted by Crippen LogP contribution is -2.54. The SMILES string of the molecule is Cc1cccc(Cl)c1N1CN(C)c2nc(Nc3ccc(N4CC(C)NCC4C)cc3)ncc2C1=O. The number of aryl methyl sites for hydroxylation is 1. The molecule has 5 rings (SSSR count). The molecule has 0 radical (unpaired) electrons. The Kier molecular flexibility index (Phi) is 6.25. The lowest BCUT2D eigenvalue weighted by molar-refractivity contribution is 0.0982. The third kappa shape index (κ3) is 4.51. The molecule has 9 heteroatoms. The van der Waals surface area contributed by atoms with Crippen LogP contribution in [0.25, 0.3) is 0 Å². The standard InChI is InChI=1S/C26H30ClN7O/c1-16-6-5-7-22(27)23(16)34-15-32(4)24-21(25(34)35)13-29-26(31-24)30-19-8-10-20(11-9-19)33-14-17(2)28-12-18(33)3/h5-11,13,17-18,28H,12,14-15H2,1-4H3,(H,29,30,31). The Morgan fingerprint density at radius 2 is 1.91 bits per heavy atom. The van der Waals surface area contributed by atoms with Crippen molar-refractivity contribution in [1.82, 2.24) is 15.3 Å². The zero-order valence-electron chi connectivity index (χ0n) is 20.4. The van der Waals surface area contributed by atoms with Crippen LogP contribution >= 0.6 is 11.6 Å². The number of anilines is 5. The van der Waals surface area contributed by atoms with Crippen molar-refractivity contribution in [2.75, 3.05) is 46.8 Å². The highest BCUT2D eigenvalue weighted by Crippen LogP contribution is 2.35. The molecule has 2 atom stereocenters. The quantitative estimate of drug-likeness (QED) is 0.559.